The lowest BCUT2D eigenvalue weighted by Gasteiger charge is -2.08. The minimum absolute atomic E-state index is 0.0388. The normalized spacial score (nSPS) is 10.7. The van der Waals surface area contributed by atoms with Crippen molar-refractivity contribution in [2.45, 2.75) is 6.92 Å². The molecule has 0 saturated heterocycles. The first kappa shape index (κ1) is 18.4. The van der Waals surface area contributed by atoms with Gasteiger partial charge in [-0.05, 0) is 42.8 Å². The summed E-state index contributed by atoms with van der Waals surface area (Å²) < 4.78 is 10.5. The Hall–Kier alpha value is -2.97. The molecule has 0 aromatic heterocycles. The summed E-state index contributed by atoms with van der Waals surface area (Å²) >= 11 is 6.06. The number of carbonyl (C=O) groups excluding carboxylic acids is 1. The van der Waals surface area contributed by atoms with Crippen LogP contribution in [0.25, 0.3) is 6.08 Å². The first-order valence-corrected chi connectivity index (χ1v) is 7.94. The number of anilines is 1. The second-order valence-electron chi connectivity index (χ2n) is 4.98. The zero-order chi connectivity index (χ0) is 18.2. The van der Waals surface area contributed by atoms with E-state index in [9.17, 15) is 10.1 Å². The summed E-state index contributed by atoms with van der Waals surface area (Å²) in [5, 5.41) is 12.4. The lowest BCUT2D eigenvalue weighted by molar-refractivity contribution is -0.112. The molecule has 0 radical (unpaired) electrons. The Morgan fingerprint density at radius 1 is 1.32 bits per heavy atom. The van der Waals surface area contributed by atoms with Gasteiger partial charge in [-0.3, -0.25) is 4.79 Å². The highest BCUT2D eigenvalue weighted by Gasteiger charge is 2.11. The van der Waals surface area contributed by atoms with Crippen LogP contribution in [0.4, 0.5) is 5.69 Å². The van der Waals surface area contributed by atoms with Crippen molar-refractivity contribution < 1.29 is 14.3 Å². The third-order valence-electron chi connectivity index (χ3n) is 3.25. The van der Waals surface area contributed by atoms with Crippen LogP contribution in [0.3, 0.4) is 0 Å². The SMILES string of the molecule is CCOc1cccc(NC(=O)/C(C#N)=C/c2ccc(OC)c(Cl)c2)c1. The van der Waals surface area contributed by atoms with E-state index in [1.54, 1.807) is 42.5 Å². The molecule has 0 atom stereocenters. The molecule has 0 spiro atoms. The summed E-state index contributed by atoms with van der Waals surface area (Å²) in [7, 11) is 1.52. The van der Waals surface area contributed by atoms with Gasteiger partial charge in [0.15, 0.2) is 0 Å². The van der Waals surface area contributed by atoms with E-state index in [4.69, 9.17) is 21.1 Å². The smallest absolute Gasteiger partial charge is 0.266 e. The summed E-state index contributed by atoms with van der Waals surface area (Å²) in [5.41, 5.74) is 1.13. The van der Waals surface area contributed by atoms with Gasteiger partial charge in [0.25, 0.3) is 5.91 Å². The van der Waals surface area contributed by atoms with Crippen LogP contribution in [0.15, 0.2) is 48.0 Å². The molecule has 0 fully saturated rings. The standard InChI is InChI=1S/C19H17ClN2O3/c1-3-25-16-6-4-5-15(11-16)22-19(23)14(12-21)9-13-7-8-18(24-2)17(20)10-13/h4-11H,3H2,1-2H3,(H,22,23)/b14-9+. The van der Waals surface area contributed by atoms with Crippen LogP contribution in [0, 0.1) is 11.3 Å². The number of nitrogens with zero attached hydrogens (tertiary/aromatic N) is 1. The minimum atomic E-state index is -0.511. The van der Waals surface area contributed by atoms with Gasteiger partial charge in [0, 0.05) is 11.8 Å². The quantitative estimate of drug-likeness (QED) is 0.619. The summed E-state index contributed by atoms with van der Waals surface area (Å²) in [4.78, 5) is 12.3. The van der Waals surface area contributed by atoms with Crippen molar-refractivity contribution in [3.8, 4) is 17.6 Å². The first-order chi connectivity index (χ1) is 12.1. The molecule has 1 amide bonds. The number of hydrogen-bond donors (Lipinski definition) is 1. The average Bonchev–Trinajstić information content (AvgIpc) is 2.60. The Morgan fingerprint density at radius 2 is 2.12 bits per heavy atom. The molecular weight excluding hydrogens is 340 g/mol. The highest BCUT2D eigenvalue weighted by molar-refractivity contribution is 6.32. The van der Waals surface area contributed by atoms with Crippen molar-refractivity contribution in [3.63, 3.8) is 0 Å². The van der Waals surface area contributed by atoms with Gasteiger partial charge < -0.3 is 14.8 Å². The predicted octanol–water partition coefficient (Wildman–Crippen LogP) is 4.29. The summed E-state index contributed by atoms with van der Waals surface area (Å²) in [5.74, 6) is 0.655. The molecule has 0 aliphatic carbocycles. The predicted molar refractivity (Wildman–Crippen MR) is 97.8 cm³/mol. The van der Waals surface area contributed by atoms with Gasteiger partial charge in [0.05, 0.1) is 18.7 Å². The molecule has 2 aromatic carbocycles. The summed E-state index contributed by atoms with van der Waals surface area (Å²) in [6, 6.07) is 13.9. The molecule has 0 aliphatic rings. The number of rotatable bonds is 6. The topological polar surface area (TPSA) is 71.3 Å². The molecule has 25 heavy (non-hydrogen) atoms. The number of methoxy groups -OCH3 is 1. The third kappa shape index (κ3) is 5.00. The van der Waals surface area contributed by atoms with Crippen LogP contribution >= 0.6 is 11.6 Å². The molecule has 0 unspecified atom stereocenters. The molecule has 2 rings (SSSR count). The van der Waals surface area contributed by atoms with Gasteiger partial charge in [-0.1, -0.05) is 23.7 Å². The van der Waals surface area contributed by atoms with Gasteiger partial charge in [-0.2, -0.15) is 5.26 Å². The molecular formula is C19H17ClN2O3. The Balaban J connectivity index is 2.19. The Labute approximate surface area is 151 Å². The molecule has 0 saturated carbocycles. The molecule has 2 aromatic rings. The Morgan fingerprint density at radius 3 is 2.76 bits per heavy atom. The number of halogens is 1. The van der Waals surface area contributed by atoms with Gasteiger partial charge in [0.1, 0.15) is 23.1 Å². The van der Waals surface area contributed by atoms with Crippen LogP contribution < -0.4 is 14.8 Å². The van der Waals surface area contributed by atoms with Crippen LogP contribution in [0.1, 0.15) is 12.5 Å². The maximum Gasteiger partial charge on any atom is 0.266 e. The monoisotopic (exact) mass is 356 g/mol. The second-order valence-corrected chi connectivity index (χ2v) is 5.39. The molecule has 0 bridgehead atoms. The van der Waals surface area contributed by atoms with Crippen molar-refractivity contribution in [1.82, 2.24) is 0 Å². The number of ether oxygens (including phenoxy) is 2. The van der Waals surface area contributed by atoms with Gasteiger partial charge in [0.2, 0.25) is 0 Å². The van der Waals surface area contributed by atoms with E-state index < -0.39 is 5.91 Å². The maximum absolute atomic E-state index is 12.3. The second kappa shape index (κ2) is 8.76. The number of benzene rings is 2. The highest BCUT2D eigenvalue weighted by Crippen LogP contribution is 2.26. The van der Waals surface area contributed by atoms with Crippen molar-refractivity contribution in [3.05, 3.63) is 58.6 Å². The molecule has 1 N–H and O–H groups in total. The molecule has 0 aliphatic heterocycles. The lowest BCUT2D eigenvalue weighted by atomic mass is 10.1. The van der Waals surface area contributed by atoms with Crippen molar-refractivity contribution in [2.75, 3.05) is 19.0 Å². The van der Waals surface area contributed by atoms with E-state index in [2.05, 4.69) is 5.32 Å². The van der Waals surface area contributed by atoms with Crippen molar-refractivity contribution in [2.24, 2.45) is 0 Å². The fraction of sp³-hybridized carbons (Fsp3) is 0.158. The molecule has 128 valence electrons. The van der Waals surface area contributed by atoms with E-state index in [1.807, 2.05) is 13.0 Å². The van der Waals surface area contributed by atoms with Crippen LogP contribution in [-0.4, -0.2) is 19.6 Å². The summed E-state index contributed by atoms with van der Waals surface area (Å²) in [6.07, 6.45) is 1.47. The number of amides is 1. The van der Waals surface area contributed by atoms with E-state index in [1.165, 1.54) is 13.2 Å². The fourth-order valence-corrected chi connectivity index (χ4v) is 2.38. The Bertz CT molecular complexity index is 841. The third-order valence-corrected chi connectivity index (χ3v) is 3.55. The molecule has 6 heteroatoms. The minimum Gasteiger partial charge on any atom is -0.495 e. The van der Waals surface area contributed by atoms with Crippen LogP contribution in [0.5, 0.6) is 11.5 Å². The van der Waals surface area contributed by atoms with Gasteiger partial charge in [-0.15, -0.1) is 0 Å². The first-order valence-electron chi connectivity index (χ1n) is 7.57. The number of nitrogens with one attached hydrogen (secondary N) is 1. The molecule has 5 nitrogen and oxygen atoms in total. The lowest BCUT2D eigenvalue weighted by Crippen LogP contribution is -2.13. The van der Waals surface area contributed by atoms with Gasteiger partial charge >= 0.3 is 0 Å². The average molecular weight is 357 g/mol. The Kier molecular flexibility index (Phi) is 6.44. The zero-order valence-electron chi connectivity index (χ0n) is 13.9. The maximum atomic E-state index is 12.3. The number of hydrogen-bond acceptors (Lipinski definition) is 4. The molecule has 0 heterocycles. The highest BCUT2D eigenvalue weighted by atomic mass is 35.5. The fourth-order valence-electron chi connectivity index (χ4n) is 2.12. The van der Waals surface area contributed by atoms with E-state index in [0.29, 0.717) is 34.4 Å². The van der Waals surface area contributed by atoms with E-state index in [0.717, 1.165) is 0 Å². The van der Waals surface area contributed by atoms with Gasteiger partial charge in [-0.25, -0.2) is 0 Å². The zero-order valence-corrected chi connectivity index (χ0v) is 14.6. The van der Waals surface area contributed by atoms with Crippen molar-refractivity contribution >= 4 is 29.3 Å². The summed E-state index contributed by atoms with van der Waals surface area (Å²) in [6.45, 7) is 2.40. The largest absolute Gasteiger partial charge is 0.495 e. The van der Waals surface area contributed by atoms with Crippen LogP contribution in [-0.2, 0) is 4.79 Å². The number of nitriles is 1. The van der Waals surface area contributed by atoms with E-state index in [-0.39, 0.29) is 5.57 Å². The number of carbonyl (C=O) groups is 1. The van der Waals surface area contributed by atoms with Crippen LogP contribution in [0.2, 0.25) is 5.02 Å². The van der Waals surface area contributed by atoms with Crippen molar-refractivity contribution in [1.29, 1.82) is 5.26 Å². The van der Waals surface area contributed by atoms with E-state index >= 15 is 0 Å².